The Hall–Kier alpha value is -2.57. The monoisotopic (exact) mass is 292 g/mol. The SMILES string of the molecule is Cc1ccccc1-c1cnc2c(N)nc(C(F)(F)F)cn12. The number of aromatic nitrogens is 3. The molecule has 0 spiro atoms. The van der Waals surface area contributed by atoms with Crippen LogP contribution in [0.5, 0.6) is 0 Å². The number of hydrogen-bond acceptors (Lipinski definition) is 3. The number of nitrogens with zero attached hydrogens (tertiary/aromatic N) is 3. The number of alkyl halides is 3. The molecule has 0 unspecified atom stereocenters. The van der Waals surface area contributed by atoms with Crippen LogP contribution in [0.25, 0.3) is 16.9 Å². The Morgan fingerprint density at radius 1 is 1.19 bits per heavy atom. The van der Waals surface area contributed by atoms with E-state index in [0.717, 1.165) is 17.3 Å². The Morgan fingerprint density at radius 2 is 1.90 bits per heavy atom. The molecule has 3 rings (SSSR count). The van der Waals surface area contributed by atoms with Gasteiger partial charge in [-0.05, 0) is 12.5 Å². The van der Waals surface area contributed by atoms with Gasteiger partial charge in [0, 0.05) is 11.8 Å². The van der Waals surface area contributed by atoms with Gasteiger partial charge in [0.05, 0.1) is 11.9 Å². The second-order valence-corrected chi connectivity index (χ2v) is 4.66. The zero-order valence-electron chi connectivity index (χ0n) is 11.0. The van der Waals surface area contributed by atoms with Crippen molar-refractivity contribution in [2.75, 3.05) is 5.73 Å². The van der Waals surface area contributed by atoms with Gasteiger partial charge in [-0.1, -0.05) is 24.3 Å². The van der Waals surface area contributed by atoms with Crippen LogP contribution in [0.15, 0.2) is 36.7 Å². The maximum atomic E-state index is 12.9. The highest BCUT2D eigenvalue weighted by atomic mass is 19.4. The lowest BCUT2D eigenvalue weighted by Crippen LogP contribution is -2.12. The summed E-state index contributed by atoms with van der Waals surface area (Å²) >= 11 is 0. The number of imidazole rings is 1. The Bertz CT molecular complexity index is 821. The molecule has 2 heterocycles. The number of anilines is 1. The number of aryl methyl sites for hydroxylation is 1. The van der Waals surface area contributed by atoms with Crippen LogP contribution in [-0.4, -0.2) is 14.4 Å². The quantitative estimate of drug-likeness (QED) is 0.748. The summed E-state index contributed by atoms with van der Waals surface area (Å²) in [4.78, 5) is 7.44. The van der Waals surface area contributed by atoms with Crippen LogP contribution in [0, 0.1) is 6.92 Å². The highest BCUT2D eigenvalue weighted by Gasteiger charge is 2.34. The topological polar surface area (TPSA) is 56.2 Å². The van der Waals surface area contributed by atoms with E-state index in [0.29, 0.717) is 5.69 Å². The van der Waals surface area contributed by atoms with E-state index in [1.54, 1.807) is 0 Å². The van der Waals surface area contributed by atoms with E-state index in [1.807, 2.05) is 31.2 Å². The van der Waals surface area contributed by atoms with Gasteiger partial charge in [-0.3, -0.25) is 4.40 Å². The highest BCUT2D eigenvalue weighted by Crippen LogP contribution is 2.31. The third-order valence-corrected chi connectivity index (χ3v) is 3.23. The van der Waals surface area contributed by atoms with Crippen LogP contribution in [0.3, 0.4) is 0 Å². The van der Waals surface area contributed by atoms with E-state index in [-0.39, 0.29) is 11.5 Å². The third-order valence-electron chi connectivity index (χ3n) is 3.23. The van der Waals surface area contributed by atoms with Crippen molar-refractivity contribution in [3.05, 3.63) is 47.9 Å². The first-order valence-electron chi connectivity index (χ1n) is 6.14. The molecule has 0 aliphatic carbocycles. The summed E-state index contributed by atoms with van der Waals surface area (Å²) in [5.74, 6) is -0.246. The van der Waals surface area contributed by atoms with E-state index in [4.69, 9.17) is 5.73 Å². The lowest BCUT2D eigenvalue weighted by atomic mass is 10.1. The van der Waals surface area contributed by atoms with Crippen LogP contribution in [0.2, 0.25) is 0 Å². The van der Waals surface area contributed by atoms with Crippen molar-refractivity contribution in [1.82, 2.24) is 14.4 Å². The molecule has 7 heteroatoms. The molecule has 0 saturated heterocycles. The maximum Gasteiger partial charge on any atom is 0.434 e. The number of benzene rings is 1. The summed E-state index contributed by atoms with van der Waals surface area (Å²) < 4.78 is 39.9. The fraction of sp³-hybridized carbons (Fsp3) is 0.143. The minimum absolute atomic E-state index is 0.209. The molecule has 0 atom stereocenters. The molecule has 0 saturated carbocycles. The van der Waals surface area contributed by atoms with Crippen molar-refractivity contribution >= 4 is 11.5 Å². The number of halogens is 3. The fourth-order valence-corrected chi connectivity index (χ4v) is 2.21. The molecule has 0 bridgehead atoms. The van der Waals surface area contributed by atoms with Crippen LogP contribution in [0.4, 0.5) is 19.0 Å². The van der Waals surface area contributed by atoms with Gasteiger partial charge in [-0.25, -0.2) is 9.97 Å². The first-order valence-corrected chi connectivity index (χ1v) is 6.14. The maximum absolute atomic E-state index is 12.9. The molecule has 4 nitrogen and oxygen atoms in total. The van der Waals surface area contributed by atoms with Crippen LogP contribution in [0.1, 0.15) is 11.3 Å². The molecular weight excluding hydrogens is 281 g/mol. The van der Waals surface area contributed by atoms with Crippen molar-refractivity contribution < 1.29 is 13.2 Å². The normalized spacial score (nSPS) is 12.0. The number of rotatable bonds is 1. The third kappa shape index (κ3) is 2.20. The van der Waals surface area contributed by atoms with Crippen LogP contribution >= 0.6 is 0 Å². The predicted molar refractivity (Wildman–Crippen MR) is 72.6 cm³/mol. The first-order chi connectivity index (χ1) is 9.88. The number of fused-ring (bicyclic) bond motifs is 1. The second kappa shape index (κ2) is 4.47. The molecule has 2 N–H and O–H groups in total. The summed E-state index contributed by atoms with van der Waals surface area (Å²) in [6.45, 7) is 1.88. The van der Waals surface area contributed by atoms with Gasteiger partial charge in [0.2, 0.25) is 0 Å². The number of nitrogen functional groups attached to an aromatic ring is 1. The van der Waals surface area contributed by atoms with Gasteiger partial charge in [0.1, 0.15) is 0 Å². The molecule has 0 aliphatic heterocycles. The van der Waals surface area contributed by atoms with Gasteiger partial charge in [0.15, 0.2) is 17.2 Å². The summed E-state index contributed by atoms with van der Waals surface area (Å²) in [6, 6.07) is 7.38. The molecule has 0 fully saturated rings. The zero-order chi connectivity index (χ0) is 15.2. The average molecular weight is 292 g/mol. The Morgan fingerprint density at radius 3 is 2.57 bits per heavy atom. The second-order valence-electron chi connectivity index (χ2n) is 4.66. The largest absolute Gasteiger partial charge is 0.434 e. The highest BCUT2D eigenvalue weighted by molar-refractivity contribution is 5.71. The molecule has 0 aliphatic rings. The van der Waals surface area contributed by atoms with Crippen molar-refractivity contribution in [3.8, 4) is 11.3 Å². The van der Waals surface area contributed by atoms with E-state index in [9.17, 15) is 13.2 Å². The molecule has 0 radical (unpaired) electrons. The summed E-state index contributed by atoms with van der Waals surface area (Å²) in [5, 5.41) is 0. The Labute approximate surface area is 118 Å². The Kier molecular flexibility index (Phi) is 2.86. The first kappa shape index (κ1) is 13.4. The lowest BCUT2D eigenvalue weighted by molar-refractivity contribution is -0.141. The van der Waals surface area contributed by atoms with Crippen LogP contribution in [-0.2, 0) is 6.18 Å². The molecule has 0 amide bonds. The van der Waals surface area contributed by atoms with Gasteiger partial charge in [-0.2, -0.15) is 13.2 Å². The standard InChI is InChI=1S/C14H11F3N4/c1-8-4-2-3-5-9(8)10-6-19-13-12(18)20-11(7-21(10)13)14(15,16)17/h2-7H,1H3,(H2,18,20). The van der Waals surface area contributed by atoms with E-state index in [2.05, 4.69) is 9.97 Å². The van der Waals surface area contributed by atoms with Gasteiger partial charge in [-0.15, -0.1) is 0 Å². The summed E-state index contributed by atoms with van der Waals surface area (Å²) in [5.41, 5.74) is 7.03. The minimum Gasteiger partial charge on any atom is -0.381 e. The van der Waals surface area contributed by atoms with Gasteiger partial charge in [0.25, 0.3) is 0 Å². The molecule has 108 valence electrons. The van der Waals surface area contributed by atoms with E-state index in [1.165, 1.54) is 10.6 Å². The zero-order valence-corrected chi connectivity index (χ0v) is 11.0. The van der Waals surface area contributed by atoms with Crippen LogP contribution < -0.4 is 5.73 Å². The number of nitrogens with two attached hydrogens (primary N) is 1. The lowest BCUT2D eigenvalue weighted by Gasteiger charge is -2.10. The van der Waals surface area contributed by atoms with E-state index >= 15 is 0 Å². The van der Waals surface area contributed by atoms with E-state index < -0.39 is 11.9 Å². The van der Waals surface area contributed by atoms with Crippen molar-refractivity contribution in [2.45, 2.75) is 13.1 Å². The molecular formula is C14H11F3N4. The van der Waals surface area contributed by atoms with Crippen molar-refractivity contribution in [1.29, 1.82) is 0 Å². The van der Waals surface area contributed by atoms with Crippen molar-refractivity contribution in [2.24, 2.45) is 0 Å². The Balaban J connectivity index is 2.31. The minimum atomic E-state index is -4.56. The molecule has 1 aromatic carbocycles. The smallest absolute Gasteiger partial charge is 0.381 e. The molecule has 21 heavy (non-hydrogen) atoms. The van der Waals surface area contributed by atoms with Gasteiger partial charge < -0.3 is 5.73 Å². The predicted octanol–water partition coefficient (Wildman–Crippen LogP) is 3.31. The number of hydrogen-bond donors (Lipinski definition) is 1. The van der Waals surface area contributed by atoms with Crippen molar-refractivity contribution in [3.63, 3.8) is 0 Å². The molecule has 2 aromatic heterocycles. The summed E-state index contributed by atoms with van der Waals surface area (Å²) in [6.07, 6.45) is -2.15. The fourth-order valence-electron chi connectivity index (χ4n) is 2.21. The average Bonchev–Trinajstić information content (AvgIpc) is 2.82. The van der Waals surface area contributed by atoms with Gasteiger partial charge >= 0.3 is 6.18 Å². The molecule has 3 aromatic rings. The summed E-state index contributed by atoms with van der Waals surface area (Å²) in [7, 11) is 0.